The molecule has 0 aliphatic carbocycles. The second-order valence-electron chi connectivity index (χ2n) is 16.5. The molecule has 4 aromatic carbocycles. The van der Waals surface area contributed by atoms with E-state index in [2.05, 4.69) is 59.2 Å². The standard InChI is InChI=1S/C48H61F4N2O5P/c49-43-29-39(45(51)27-37(43)15-5-3-11-21-47(33-56-34-47)41-17-7-1-8-18-41)31-53-23-13-25-58-60(55)59-26-14-24-54-32-40-30-44(50)38(28-46(40)52)16-6-4-12-22-48(35-57-36-48)42-19-9-2-10-20-42/h1-2,7-10,17-20,27-30,53-54,60H,3-6,11-16,21-26,31-36H2. The van der Waals surface area contributed by atoms with Crippen LogP contribution in [-0.2, 0) is 59.8 Å². The number of halogens is 4. The van der Waals surface area contributed by atoms with Crippen molar-refractivity contribution in [2.24, 2.45) is 0 Å². The van der Waals surface area contributed by atoms with Gasteiger partial charge in [-0.3, -0.25) is 4.57 Å². The van der Waals surface area contributed by atoms with Crippen molar-refractivity contribution in [2.45, 2.75) is 101 Å². The number of nitrogens with one attached hydrogen (secondary N) is 2. The zero-order valence-electron chi connectivity index (χ0n) is 34.7. The quantitative estimate of drug-likeness (QED) is 0.0335. The van der Waals surface area contributed by atoms with E-state index in [9.17, 15) is 22.1 Å². The molecule has 0 aromatic heterocycles. The minimum atomic E-state index is -2.70. The summed E-state index contributed by atoms with van der Waals surface area (Å²) in [7, 11) is -2.70. The minimum Gasteiger partial charge on any atom is -0.379 e. The van der Waals surface area contributed by atoms with Gasteiger partial charge in [0.25, 0.3) is 0 Å². The molecular formula is C48H61F4N2O5P. The van der Waals surface area contributed by atoms with E-state index in [1.165, 1.54) is 35.4 Å². The molecular weight excluding hydrogens is 792 g/mol. The zero-order chi connectivity index (χ0) is 42.0. The number of hydrogen-bond donors (Lipinski definition) is 2. The van der Waals surface area contributed by atoms with Gasteiger partial charge in [-0.05, 0) is 111 Å². The first-order chi connectivity index (χ1) is 29.3. The Hall–Kier alpha value is -3.41. The van der Waals surface area contributed by atoms with E-state index in [4.69, 9.17) is 18.5 Å². The molecule has 2 N–H and O–H groups in total. The fraction of sp³-hybridized carbons (Fsp3) is 0.500. The van der Waals surface area contributed by atoms with Crippen LogP contribution in [0.1, 0.15) is 97.6 Å². The first kappa shape index (κ1) is 46.1. The van der Waals surface area contributed by atoms with Gasteiger partial charge in [-0.1, -0.05) is 86.3 Å². The van der Waals surface area contributed by atoms with Crippen molar-refractivity contribution in [3.63, 3.8) is 0 Å². The number of rotatable bonds is 28. The van der Waals surface area contributed by atoms with E-state index in [0.29, 0.717) is 49.9 Å². The predicted molar refractivity (Wildman–Crippen MR) is 228 cm³/mol. The summed E-state index contributed by atoms with van der Waals surface area (Å²) in [6.07, 6.45) is 9.50. The fourth-order valence-electron chi connectivity index (χ4n) is 8.21. The molecule has 6 rings (SSSR count). The molecule has 2 aliphatic rings. The Morgan fingerprint density at radius 1 is 0.517 bits per heavy atom. The number of hydrogen-bond acceptors (Lipinski definition) is 7. The molecule has 2 saturated heterocycles. The average molecular weight is 853 g/mol. The summed E-state index contributed by atoms with van der Waals surface area (Å²) in [6.45, 7) is 4.55. The second-order valence-corrected chi connectivity index (χ2v) is 17.6. The van der Waals surface area contributed by atoms with Crippen molar-refractivity contribution in [3.05, 3.63) is 142 Å². The Morgan fingerprint density at radius 2 is 0.900 bits per heavy atom. The van der Waals surface area contributed by atoms with Gasteiger partial charge in [0.1, 0.15) is 23.3 Å². The predicted octanol–water partition coefficient (Wildman–Crippen LogP) is 10.5. The molecule has 0 unspecified atom stereocenters. The lowest BCUT2D eigenvalue weighted by molar-refractivity contribution is -0.0654. The molecule has 0 radical (unpaired) electrons. The summed E-state index contributed by atoms with van der Waals surface area (Å²) >= 11 is 0. The van der Waals surface area contributed by atoms with Crippen molar-refractivity contribution in [1.29, 1.82) is 0 Å². The maximum absolute atomic E-state index is 14.8. The number of aryl methyl sites for hydroxylation is 2. The minimum absolute atomic E-state index is 0.0784. The highest BCUT2D eigenvalue weighted by Gasteiger charge is 2.40. The van der Waals surface area contributed by atoms with Crippen LogP contribution in [0.25, 0.3) is 0 Å². The molecule has 0 amide bonds. The van der Waals surface area contributed by atoms with Crippen molar-refractivity contribution in [3.8, 4) is 0 Å². The van der Waals surface area contributed by atoms with E-state index >= 15 is 0 Å². The van der Waals surface area contributed by atoms with Crippen LogP contribution in [0, 0.1) is 23.3 Å². The Morgan fingerprint density at radius 3 is 1.28 bits per heavy atom. The molecule has 7 nitrogen and oxygen atoms in total. The van der Waals surface area contributed by atoms with Gasteiger partial charge in [0.2, 0.25) is 0 Å². The van der Waals surface area contributed by atoms with Crippen molar-refractivity contribution < 1.29 is 40.6 Å². The van der Waals surface area contributed by atoms with Gasteiger partial charge in [-0.2, -0.15) is 0 Å². The molecule has 0 spiro atoms. The summed E-state index contributed by atoms with van der Waals surface area (Å²) in [5.74, 6) is -1.65. The molecule has 12 heteroatoms. The molecule has 4 aromatic rings. The molecule has 2 aliphatic heterocycles. The maximum atomic E-state index is 14.8. The normalized spacial score (nSPS) is 15.6. The largest absolute Gasteiger partial charge is 0.379 e. The lowest BCUT2D eigenvalue weighted by Crippen LogP contribution is -2.46. The lowest BCUT2D eigenvalue weighted by Gasteiger charge is -2.42. The van der Waals surface area contributed by atoms with Crippen LogP contribution in [0.2, 0.25) is 0 Å². The van der Waals surface area contributed by atoms with Crippen LogP contribution in [0.4, 0.5) is 17.6 Å². The Labute approximate surface area is 353 Å². The molecule has 326 valence electrons. The third-order valence-corrected chi connectivity index (χ3v) is 12.9. The van der Waals surface area contributed by atoms with Gasteiger partial charge in [-0.25, -0.2) is 17.6 Å². The zero-order valence-corrected chi connectivity index (χ0v) is 35.7. The molecule has 0 saturated carbocycles. The third-order valence-electron chi connectivity index (χ3n) is 12.0. The van der Waals surface area contributed by atoms with Crippen LogP contribution in [0.3, 0.4) is 0 Å². The lowest BCUT2D eigenvalue weighted by atomic mass is 9.74. The summed E-state index contributed by atoms with van der Waals surface area (Å²) < 4.78 is 93.1. The Balaban J connectivity index is 0.762. The first-order valence-corrected chi connectivity index (χ1v) is 22.9. The van der Waals surface area contributed by atoms with E-state index in [0.717, 1.165) is 77.8 Å². The van der Waals surface area contributed by atoms with Crippen molar-refractivity contribution in [1.82, 2.24) is 10.6 Å². The molecule has 0 atom stereocenters. The van der Waals surface area contributed by atoms with Crippen LogP contribution in [0.15, 0.2) is 84.9 Å². The monoisotopic (exact) mass is 852 g/mol. The van der Waals surface area contributed by atoms with Gasteiger partial charge in [-0.15, -0.1) is 0 Å². The summed E-state index contributed by atoms with van der Waals surface area (Å²) in [5.41, 5.74) is 4.09. The summed E-state index contributed by atoms with van der Waals surface area (Å²) in [5, 5.41) is 6.17. The van der Waals surface area contributed by atoms with E-state index < -0.39 is 31.5 Å². The summed E-state index contributed by atoms with van der Waals surface area (Å²) in [6, 6.07) is 26.0. The maximum Gasteiger partial charge on any atom is 0.319 e. The highest BCUT2D eigenvalue weighted by atomic mass is 31.1. The smallest absolute Gasteiger partial charge is 0.319 e. The number of ether oxygens (including phenoxy) is 2. The molecule has 0 bridgehead atoms. The van der Waals surface area contributed by atoms with Gasteiger partial charge in [0.15, 0.2) is 0 Å². The van der Waals surface area contributed by atoms with Crippen LogP contribution in [0.5, 0.6) is 0 Å². The van der Waals surface area contributed by atoms with E-state index in [-0.39, 0.29) is 48.3 Å². The Bertz CT molecular complexity index is 1790. The number of benzene rings is 4. The van der Waals surface area contributed by atoms with Crippen molar-refractivity contribution in [2.75, 3.05) is 52.7 Å². The first-order valence-electron chi connectivity index (χ1n) is 21.7. The Kier molecular flexibility index (Phi) is 18.2. The molecule has 2 heterocycles. The molecule has 2 fully saturated rings. The van der Waals surface area contributed by atoms with Crippen LogP contribution in [-0.4, -0.2) is 52.7 Å². The summed E-state index contributed by atoms with van der Waals surface area (Å²) in [4.78, 5) is 0. The van der Waals surface area contributed by atoms with Crippen molar-refractivity contribution >= 4 is 8.25 Å². The van der Waals surface area contributed by atoms with Gasteiger partial charge >= 0.3 is 8.25 Å². The fourth-order valence-corrected chi connectivity index (χ4v) is 8.91. The van der Waals surface area contributed by atoms with Gasteiger partial charge < -0.3 is 29.2 Å². The van der Waals surface area contributed by atoms with Crippen LogP contribution >= 0.6 is 8.25 Å². The molecule has 60 heavy (non-hydrogen) atoms. The third kappa shape index (κ3) is 13.3. The van der Waals surface area contributed by atoms with Crippen LogP contribution < -0.4 is 10.6 Å². The highest BCUT2D eigenvalue weighted by molar-refractivity contribution is 7.33. The van der Waals surface area contributed by atoms with Gasteiger partial charge in [0.05, 0.1) is 39.6 Å². The number of unbranched alkanes of at least 4 members (excludes halogenated alkanes) is 4. The average Bonchev–Trinajstić information content (AvgIpc) is 3.22. The topological polar surface area (TPSA) is 78.1 Å². The second kappa shape index (κ2) is 23.7. The van der Waals surface area contributed by atoms with E-state index in [1.54, 1.807) is 0 Å². The highest BCUT2D eigenvalue weighted by Crippen LogP contribution is 2.38. The van der Waals surface area contributed by atoms with E-state index in [1.807, 2.05) is 12.1 Å². The SMILES string of the molecule is O=[PH](OCCCNCc1cc(F)c(CCCCCC2(c3ccccc3)COC2)cc1F)OCCCNCc1cc(F)c(CCCCCC2(c3ccccc3)COC2)cc1F. The van der Waals surface area contributed by atoms with Gasteiger partial charge in [0, 0.05) is 35.0 Å².